The van der Waals surface area contributed by atoms with E-state index in [9.17, 15) is 0 Å². The number of rotatable bonds is 5. The molecule has 0 aromatic carbocycles. The molecule has 0 saturated heterocycles. The van der Waals surface area contributed by atoms with Gasteiger partial charge in [0, 0.05) is 22.8 Å². The fourth-order valence-electron chi connectivity index (χ4n) is 1.53. The molecule has 1 unspecified atom stereocenters. The monoisotopic (exact) mass is 264 g/mol. The molecule has 0 bridgehead atoms. The van der Waals surface area contributed by atoms with Crippen LogP contribution in [0.2, 0.25) is 0 Å². The predicted octanol–water partition coefficient (Wildman–Crippen LogP) is 2.68. The van der Waals surface area contributed by atoms with Crippen molar-refractivity contribution in [2.75, 3.05) is 7.05 Å². The first-order valence-corrected chi connectivity index (χ1v) is 6.74. The van der Waals surface area contributed by atoms with Crippen LogP contribution in [0.1, 0.15) is 23.1 Å². The third kappa shape index (κ3) is 5.23. The lowest BCUT2D eigenvalue weighted by atomic mass is 10.1. The molecule has 4 nitrogen and oxygen atoms in total. The lowest BCUT2D eigenvalue weighted by Crippen LogP contribution is -2.31. The Kier molecular flexibility index (Phi) is 6.28. The van der Waals surface area contributed by atoms with Crippen LogP contribution in [0.5, 0.6) is 0 Å². The molecule has 0 aliphatic heterocycles. The summed E-state index contributed by atoms with van der Waals surface area (Å²) in [5, 5.41) is 3.25. The maximum atomic E-state index is 4.05. The first-order chi connectivity index (χ1) is 8.65. The topological polar surface area (TPSA) is 49.1 Å². The summed E-state index contributed by atoms with van der Waals surface area (Å²) < 4.78 is 0. The number of nitrogens with zero attached hydrogens (tertiary/aromatic N) is 3. The van der Waals surface area contributed by atoms with Gasteiger partial charge in [0.1, 0.15) is 6.34 Å². The van der Waals surface area contributed by atoms with Crippen LogP contribution in [0.4, 0.5) is 0 Å². The Bertz CT molecular complexity index is 434. The maximum absolute atomic E-state index is 4.05. The van der Waals surface area contributed by atoms with Crippen molar-refractivity contribution >= 4 is 30.4 Å². The minimum absolute atomic E-state index is 0.327. The van der Waals surface area contributed by atoms with E-state index in [0.29, 0.717) is 12.0 Å². The number of hydrogen-bond donors (Lipinski definition) is 1. The van der Waals surface area contributed by atoms with Crippen molar-refractivity contribution in [2.24, 2.45) is 15.0 Å². The Morgan fingerprint density at radius 3 is 2.89 bits per heavy atom. The second kappa shape index (κ2) is 7.76. The van der Waals surface area contributed by atoms with E-state index >= 15 is 0 Å². The van der Waals surface area contributed by atoms with E-state index in [2.05, 4.69) is 53.0 Å². The Morgan fingerprint density at radius 2 is 2.33 bits per heavy atom. The van der Waals surface area contributed by atoms with Gasteiger partial charge in [-0.3, -0.25) is 9.98 Å². The van der Waals surface area contributed by atoms with Crippen molar-refractivity contribution < 1.29 is 0 Å². The van der Waals surface area contributed by atoms with Gasteiger partial charge in [-0.1, -0.05) is 0 Å². The van der Waals surface area contributed by atoms with Crippen LogP contribution in [-0.4, -0.2) is 32.1 Å². The van der Waals surface area contributed by atoms with Gasteiger partial charge < -0.3 is 5.32 Å². The van der Waals surface area contributed by atoms with Gasteiger partial charge in [-0.25, -0.2) is 4.99 Å². The van der Waals surface area contributed by atoms with Crippen molar-refractivity contribution in [3.8, 4) is 0 Å². The molecule has 0 radical (unpaired) electrons. The largest absolute Gasteiger partial charge is 0.352 e. The first-order valence-electron chi connectivity index (χ1n) is 5.92. The van der Waals surface area contributed by atoms with E-state index in [4.69, 9.17) is 0 Å². The molecule has 0 amide bonds. The SMILES string of the molecule is C=N/C=N\C(=NC)NC(C)CCc1ccc(C)s1. The van der Waals surface area contributed by atoms with E-state index in [1.54, 1.807) is 7.05 Å². The molecule has 0 aliphatic rings. The third-order valence-corrected chi connectivity index (χ3v) is 3.53. The fraction of sp³-hybridized carbons (Fsp3) is 0.462. The van der Waals surface area contributed by atoms with Crippen LogP contribution < -0.4 is 5.32 Å². The van der Waals surface area contributed by atoms with E-state index < -0.39 is 0 Å². The zero-order valence-corrected chi connectivity index (χ0v) is 12.0. The van der Waals surface area contributed by atoms with Gasteiger partial charge in [-0.15, -0.1) is 11.3 Å². The smallest absolute Gasteiger partial charge is 0.219 e. The highest BCUT2D eigenvalue weighted by Crippen LogP contribution is 2.17. The lowest BCUT2D eigenvalue weighted by molar-refractivity contribution is 0.606. The Balaban J connectivity index is 2.38. The summed E-state index contributed by atoms with van der Waals surface area (Å²) in [6, 6.07) is 4.69. The fourth-order valence-corrected chi connectivity index (χ4v) is 2.43. The van der Waals surface area contributed by atoms with Crippen LogP contribution in [0.25, 0.3) is 0 Å². The van der Waals surface area contributed by atoms with Gasteiger partial charge >= 0.3 is 0 Å². The molecule has 1 rings (SSSR count). The molecule has 0 spiro atoms. The van der Waals surface area contributed by atoms with E-state index in [-0.39, 0.29) is 0 Å². The number of aliphatic imine (C=N–C) groups is 3. The molecule has 0 aliphatic carbocycles. The molecule has 5 heteroatoms. The van der Waals surface area contributed by atoms with Crippen LogP contribution >= 0.6 is 11.3 Å². The highest BCUT2D eigenvalue weighted by molar-refractivity contribution is 7.11. The normalized spacial score (nSPS) is 13.8. The number of hydrogen-bond acceptors (Lipinski definition) is 2. The zero-order valence-electron chi connectivity index (χ0n) is 11.2. The third-order valence-electron chi connectivity index (χ3n) is 2.47. The van der Waals surface area contributed by atoms with Crippen LogP contribution in [0.3, 0.4) is 0 Å². The van der Waals surface area contributed by atoms with Gasteiger partial charge in [0.25, 0.3) is 0 Å². The summed E-state index contributed by atoms with van der Waals surface area (Å²) in [5.41, 5.74) is 0. The average Bonchev–Trinajstić information content (AvgIpc) is 2.78. The molecule has 0 saturated carbocycles. The van der Waals surface area contributed by atoms with Crippen molar-refractivity contribution in [1.82, 2.24) is 5.32 Å². The Labute approximate surface area is 113 Å². The van der Waals surface area contributed by atoms with Crippen LogP contribution in [-0.2, 0) is 6.42 Å². The van der Waals surface area contributed by atoms with Crippen molar-refractivity contribution in [3.05, 3.63) is 21.9 Å². The second-order valence-electron chi connectivity index (χ2n) is 4.07. The van der Waals surface area contributed by atoms with Gasteiger partial charge in [0.05, 0.1) is 0 Å². The standard InChI is InChI=1S/C13H20N4S/c1-10(17-13(15-4)16-9-14-3)5-7-12-8-6-11(2)18-12/h6,8-10H,3,5,7H2,1-2,4H3,(H,15,17)/b16-9-. The van der Waals surface area contributed by atoms with Crippen molar-refractivity contribution in [2.45, 2.75) is 32.7 Å². The molecule has 1 aromatic rings. The van der Waals surface area contributed by atoms with Crippen LogP contribution in [0, 0.1) is 6.92 Å². The number of thiophene rings is 1. The second-order valence-corrected chi connectivity index (χ2v) is 5.44. The van der Waals surface area contributed by atoms with Crippen molar-refractivity contribution in [1.29, 1.82) is 0 Å². The molecule has 18 heavy (non-hydrogen) atoms. The molecule has 1 heterocycles. The van der Waals surface area contributed by atoms with E-state index in [1.807, 2.05) is 11.3 Å². The van der Waals surface area contributed by atoms with E-state index in [1.165, 1.54) is 16.1 Å². The minimum atomic E-state index is 0.327. The Hall–Kier alpha value is -1.49. The molecule has 1 aromatic heterocycles. The number of guanidine groups is 1. The minimum Gasteiger partial charge on any atom is -0.352 e. The lowest BCUT2D eigenvalue weighted by Gasteiger charge is -2.13. The summed E-state index contributed by atoms with van der Waals surface area (Å²) in [6.45, 7) is 7.60. The van der Waals surface area contributed by atoms with Gasteiger partial charge in [-0.05, 0) is 45.5 Å². The zero-order chi connectivity index (χ0) is 13.4. The highest BCUT2D eigenvalue weighted by Gasteiger charge is 2.05. The quantitative estimate of drug-likeness (QED) is 0.645. The molecule has 1 atom stereocenters. The summed E-state index contributed by atoms with van der Waals surface area (Å²) >= 11 is 1.86. The summed E-state index contributed by atoms with van der Waals surface area (Å²) in [4.78, 5) is 14.4. The summed E-state index contributed by atoms with van der Waals surface area (Å²) in [6.07, 6.45) is 3.52. The highest BCUT2D eigenvalue weighted by atomic mass is 32.1. The Morgan fingerprint density at radius 1 is 1.56 bits per heavy atom. The predicted molar refractivity (Wildman–Crippen MR) is 81.4 cm³/mol. The summed E-state index contributed by atoms with van der Waals surface area (Å²) in [5.74, 6) is 0.595. The van der Waals surface area contributed by atoms with E-state index in [0.717, 1.165) is 12.8 Å². The molecular formula is C13H20N4S. The number of nitrogens with one attached hydrogen (secondary N) is 1. The van der Waals surface area contributed by atoms with Crippen molar-refractivity contribution in [3.63, 3.8) is 0 Å². The first kappa shape index (κ1) is 14.6. The molecule has 98 valence electrons. The van der Waals surface area contributed by atoms with Crippen LogP contribution in [0.15, 0.2) is 27.1 Å². The average molecular weight is 264 g/mol. The van der Waals surface area contributed by atoms with Gasteiger partial charge in [0.2, 0.25) is 5.96 Å². The molecule has 0 fully saturated rings. The van der Waals surface area contributed by atoms with Gasteiger partial charge in [-0.2, -0.15) is 0 Å². The van der Waals surface area contributed by atoms with Gasteiger partial charge in [0.15, 0.2) is 0 Å². The summed E-state index contributed by atoms with van der Waals surface area (Å²) in [7, 11) is 1.71. The maximum Gasteiger partial charge on any atom is 0.219 e. The molecule has 1 N–H and O–H groups in total. The number of aryl methyl sites for hydroxylation is 2. The molecular weight excluding hydrogens is 244 g/mol.